The van der Waals surface area contributed by atoms with Crippen LogP contribution in [0.5, 0.6) is 0 Å². The van der Waals surface area contributed by atoms with Crippen LogP contribution in [0.3, 0.4) is 0 Å². The van der Waals surface area contributed by atoms with Gasteiger partial charge in [-0.3, -0.25) is 4.79 Å². The highest BCUT2D eigenvalue weighted by molar-refractivity contribution is 7.27. The number of carbonyl (C=O) groups is 1. The molecule has 4 heteroatoms. The van der Waals surface area contributed by atoms with Crippen LogP contribution in [0.15, 0.2) is 17.5 Å². The van der Waals surface area contributed by atoms with Crippen molar-refractivity contribution in [3.8, 4) is 12.3 Å². The van der Waals surface area contributed by atoms with E-state index in [-0.39, 0.29) is 5.91 Å². The van der Waals surface area contributed by atoms with Crippen LogP contribution in [0.2, 0.25) is 0 Å². The number of fused-ring (bicyclic) bond motifs is 1. The average Bonchev–Trinajstić information content (AvgIpc) is 2.91. The summed E-state index contributed by atoms with van der Waals surface area (Å²) in [5, 5.41) is 2.05. The SMILES string of the molecule is C#CCN(CC1CC1)C(=O)c1cc2sccc2s1. The first-order chi connectivity index (χ1) is 8.78. The molecule has 1 aliphatic rings. The van der Waals surface area contributed by atoms with Crippen LogP contribution >= 0.6 is 22.7 Å². The van der Waals surface area contributed by atoms with Gasteiger partial charge in [0.25, 0.3) is 5.91 Å². The van der Waals surface area contributed by atoms with Crippen LogP contribution in [0.4, 0.5) is 0 Å². The van der Waals surface area contributed by atoms with Crippen LogP contribution in [-0.2, 0) is 0 Å². The monoisotopic (exact) mass is 275 g/mol. The highest BCUT2D eigenvalue weighted by Crippen LogP contribution is 2.33. The lowest BCUT2D eigenvalue weighted by molar-refractivity contribution is 0.0774. The van der Waals surface area contributed by atoms with Crippen molar-refractivity contribution in [3.63, 3.8) is 0 Å². The van der Waals surface area contributed by atoms with Crippen LogP contribution in [-0.4, -0.2) is 23.9 Å². The van der Waals surface area contributed by atoms with Gasteiger partial charge in [0.2, 0.25) is 0 Å². The first-order valence-corrected chi connectivity index (χ1v) is 7.67. The van der Waals surface area contributed by atoms with Gasteiger partial charge < -0.3 is 4.90 Å². The molecule has 0 atom stereocenters. The van der Waals surface area contributed by atoms with Crippen LogP contribution in [0, 0.1) is 18.3 Å². The van der Waals surface area contributed by atoms with E-state index in [1.165, 1.54) is 22.2 Å². The summed E-state index contributed by atoms with van der Waals surface area (Å²) in [4.78, 5) is 15.0. The Bertz CT molecular complexity index is 587. The lowest BCUT2D eigenvalue weighted by atomic mass is 10.3. The van der Waals surface area contributed by atoms with E-state index in [1.54, 1.807) is 22.7 Å². The molecule has 0 saturated heterocycles. The molecule has 18 heavy (non-hydrogen) atoms. The van der Waals surface area contributed by atoms with E-state index in [0.717, 1.165) is 11.4 Å². The van der Waals surface area contributed by atoms with Gasteiger partial charge in [-0.1, -0.05) is 5.92 Å². The lowest BCUT2D eigenvalue weighted by Crippen LogP contribution is -2.32. The van der Waals surface area contributed by atoms with Crippen molar-refractivity contribution in [2.75, 3.05) is 13.1 Å². The maximum Gasteiger partial charge on any atom is 0.264 e. The van der Waals surface area contributed by atoms with Crippen molar-refractivity contribution >= 4 is 38.0 Å². The molecule has 0 spiro atoms. The lowest BCUT2D eigenvalue weighted by Gasteiger charge is -2.18. The Morgan fingerprint density at radius 3 is 3.00 bits per heavy atom. The Hall–Kier alpha value is -1.31. The summed E-state index contributed by atoms with van der Waals surface area (Å²) in [7, 11) is 0. The van der Waals surface area contributed by atoms with Crippen molar-refractivity contribution in [3.05, 3.63) is 22.4 Å². The third-order valence-electron chi connectivity index (χ3n) is 3.10. The van der Waals surface area contributed by atoms with Gasteiger partial charge in [0, 0.05) is 15.9 Å². The molecule has 3 rings (SSSR count). The Morgan fingerprint density at radius 2 is 2.33 bits per heavy atom. The van der Waals surface area contributed by atoms with E-state index >= 15 is 0 Å². The van der Waals surface area contributed by atoms with E-state index in [4.69, 9.17) is 6.42 Å². The molecule has 2 aromatic heterocycles. The zero-order chi connectivity index (χ0) is 12.5. The molecule has 2 aromatic rings. The van der Waals surface area contributed by atoms with Crippen LogP contribution in [0.25, 0.3) is 9.40 Å². The number of carbonyl (C=O) groups excluding carboxylic acids is 1. The molecule has 2 heterocycles. The Balaban J connectivity index is 1.82. The van der Waals surface area contributed by atoms with Crippen molar-refractivity contribution < 1.29 is 4.79 Å². The second-order valence-electron chi connectivity index (χ2n) is 4.59. The standard InChI is InChI=1S/C14H13NOS2/c1-2-6-15(9-10-3-4-10)14(16)13-8-12-11(18-13)5-7-17-12/h1,5,7-8,10H,3-4,6,9H2. The molecule has 0 N–H and O–H groups in total. The first-order valence-electron chi connectivity index (χ1n) is 5.97. The van der Waals surface area contributed by atoms with E-state index in [0.29, 0.717) is 12.5 Å². The third-order valence-corrected chi connectivity index (χ3v) is 5.18. The molecule has 1 saturated carbocycles. The second-order valence-corrected chi connectivity index (χ2v) is 6.62. The number of amides is 1. The molecular formula is C14H13NOS2. The van der Waals surface area contributed by atoms with Gasteiger partial charge in [-0.25, -0.2) is 0 Å². The second kappa shape index (κ2) is 4.75. The van der Waals surface area contributed by atoms with Gasteiger partial charge >= 0.3 is 0 Å². The topological polar surface area (TPSA) is 20.3 Å². The zero-order valence-corrected chi connectivity index (χ0v) is 11.5. The Morgan fingerprint density at radius 1 is 1.50 bits per heavy atom. The van der Waals surface area contributed by atoms with Crippen LogP contribution < -0.4 is 0 Å². The maximum absolute atomic E-state index is 12.4. The van der Waals surface area contributed by atoms with Gasteiger partial charge in [-0.2, -0.15) is 0 Å². The molecule has 0 aliphatic heterocycles. The number of thiophene rings is 2. The minimum Gasteiger partial charge on any atom is -0.327 e. The van der Waals surface area contributed by atoms with Gasteiger partial charge in [0.15, 0.2) is 0 Å². The molecular weight excluding hydrogens is 262 g/mol. The van der Waals surface area contributed by atoms with Gasteiger partial charge in [0.05, 0.1) is 11.4 Å². The summed E-state index contributed by atoms with van der Waals surface area (Å²) in [5.41, 5.74) is 0. The summed E-state index contributed by atoms with van der Waals surface area (Å²) in [5.74, 6) is 3.35. The minimum atomic E-state index is 0.0910. The molecule has 0 unspecified atom stereocenters. The molecule has 0 aromatic carbocycles. The summed E-state index contributed by atoms with van der Waals surface area (Å²) < 4.78 is 2.38. The predicted molar refractivity (Wildman–Crippen MR) is 77.2 cm³/mol. The number of rotatable bonds is 4. The predicted octanol–water partition coefficient (Wildman–Crippen LogP) is 3.45. The average molecular weight is 275 g/mol. The molecule has 1 fully saturated rings. The minimum absolute atomic E-state index is 0.0910. The van der Waals surface area contributed by atoms with Crippen molar-refractivity contribution in [1.29, 1.82) is 0 Å². The zero-order valence-electron chi connectivity index (χ0n) is 9.89. The summed E-state index contributed by atoms with van der Waals surface area (Å²) in [6.45, 7) is 1.23. The molecule has 1 amide bonds. The Labute approximate surface area is 114 Å². The van der Waals surface area contributed by atoms with Crippen molar-refractivity contribution in [2.24, 2.45) is 5.92 Å². The molecule has 92 valence electrons. The van der Waals surface area contributed by atoms with Gasteiger partial charge in [-0.15, -0.1) is 29.1 Å². The van der Waals surface area contributed by atoms with Gasteiger partial charge in [0.1, 0.15) is 0 Å². The largest absolute Gasteiger partial charge is 0.327 e. The van der Waals surface area contributed by atoms with Crippen molar-refractivity contribution in [1.82, 2.24) is 4.90 Å². The fraction of sp³-hybridized carbons (Fsp3) is 0.357. The third kappa shape index (κ3) is 2.29. The molecule has 2 nitrogen and oxygen atoms in total. The quantitative estimate of drug-likeness (QED) is 0.783. The summed E-state index contributed by atoms with van der Waals surface area (Å²) >= 11 is 3.24. The number of hydrogen-bond acceptors (Lipinski definition) is 3. The first kappa shape index (κ1) is 11.8. The number of hydrogen-bond donors (Lipinski definition) is 0. The summed E-state index contributed by atoms with van der Waals surface area (Å²) in [6, 6.07) is 4.05. The molecule has 1 aliphatic carbocycles. The van der Waals surface area contributed by atoms with Crippen molar-refractivity contribution in [2.45, 2.75) is 12.8 Å². The fourth-order valence-electron chi connectivity index (χ4n) is 1.97. The van der Waals surface area contributed by atoms with E-state index in [2.05, 4.69) is 17.4 Å². The normalized spacial score (nSPS) is 14.6. The highest BCUT2D eigenvalue weighted by Gasteiger charge is 2.27. The van der Waals surface area contributed by atoms with E-state index in [9.17, 15) is 4.79 Å². The van der Waals surface area contributed by atoms with Gasteiger partial charge in [-0.05, 0) is 36.3 Å². The fourth-order valence-corrected chi connectivity index (χ4v) is 4.05. The smallest absolute Gasteiger partial charge is 0.264 e. The van der Waals surface area contributed by atoms with Crippen LogP contribution in [0.1, 0.15) is 22.5 Å². The Kier molecular flexibility index (Phi) is 3.11. The number of nitrogens with zero attached hydrogens (tertiary/aromatic N) is 1. The van der Waals surface area contributed by atoms with E-state index < -0.39 is 0 Å². The van der Waals surface area contributed by atoms with E-state index in [1.807, 2.05) is 11.0 Å². The molecule has 0 radical (unpaired) electrons. The highest BCUT2D eigenvalue weighted by atomic mass is 32.1. The maximum atomic E-state index is 12.4. The molecule has 0 bridgehead atoms. The number of terminal acetylenes is 1. The summed E-state index contributed by atoms with van der Waals surface area (Å²) in [6.07, 6.45) is 7.82.